The van der Waals surface area contributed by atoms with Crippen LogP contribution in [0.25, 0.3) is 44.4 Å². The van der Waals surface area contributed by atoms with Crippen LogP contribution in [0.4, 0.5) is 17.2 Å². The third-order valence-electron chi connectivity index (χ3n) is 11.6. The van der Waals surface area contributed by atoms with Crippen molar-refractivity contribution in [2.24, 2.45) is 0 Å². The second kappa shape index (κ2) is 13.8. The van der Waals surface area contributed by atoms with Crippen LogP contribution in [0.15, 0.2) is 121 Å². The molecule has 1 aliphatic heterocycles. The second-order valence-corrected chi connectivity index (χ2v) is 16.7. The van der Waals surface area contributed by atoms with E-state index in [1.807, 2.05) is 30.5 Å². The van der Waals surface area contributed by atoms with E-state index < -0.39 is 0 Å². The zero-order chi connectivity index (χ0) is 38.8. The lowest BCUT2D eigenvalue weighted by molar-refractivity contribution is 0.482. The number of aryl methyl sites for hydroxylation is 1. The molecule has 8 rings (SSSR count). The minimum atomic E-state index is -0.229. The summed E-state index contributed by atoms with van der Waals surface area (Å²) >= 11 is 0. The minimum absolute atomic E-state index is 0.196. The van der Waals surface area contributed by atoms with Crippen molar-refractivity contribution in [3.8, 4) is 39.3 Å². The van der Waals surface area contributed by atoms with Crippen LogP contribution in [0.5, 0.6) is 5.75 Å². The van der Waals surface area contributed by atoms with Crippen molar-refractivity contribution >= 4 is 28.1 Å². The Kier molecular flexibility index (Phi) is 9.12. The lowest BCUT2D eigenvalue weighted by atomic mass is 9.73. The predicted molar refractivity (Wildman–Crippen MR) is 231 cm³/mol. The number of hydrogen-bond acceptors (Lipinski definition) is 4. The van der Waals surface area contributed by atoms with E-state index in [2.05, 4.69) is 158 Å². The number of rotatable bonds is 7. The highest BCUT2D eigenvalue weighted by Gasteiger charge is 2.37. The number of anilines is 3. The molecule has 0 spiro atoms. The number of fused-ring (bicyclic) bond motifs is 3. The number of para-hydroxylation sites is 1. The van der Waals surface area contributed by atoms with E-state index in [0.717, 1.165) is 56.1 Å². The fraction of sp³-hybridized carbons (Fsp3) is 0.255. The van der Waals surface area contributed by atoms with Crippen molar-refractivity contribution < 1.29 is 5.11 Å². The Bertz CT molecular complexity index is 2550. The molecule has 4 nitrogen and oxygen atoms in total. The Labute approximate surface area is 326 Å². The highest BCUT2D eigenvalue weighted by Crippen LogP contribution is 2.53. The van der Waals surface area contributed by atoms with Gasteiger partial charge in [-0.2, -0.15) is 0 Å². The molecule has 7 aromatic rings. The molecular formula is C51H51N3O. The summed E-state index contributed by atoms with van der Waals surface area (Å²) < 4.78 is 0. The lowest BCUT2D eigenvalue weighted by Gasteiger charge is -2.41. The van der Waals surface area contributed by atoms with Crippen LogP contribution in [0.1, 0.15) is 107 Å². The van der Waals surface area contributed by atoms with Gasteiger partial charge < -0.3 is 5.11 Å². The van der Waals surface area contributed by atoms with Gasteiger partial charge in [-0.1, -0.05) is 128 Å². The van der Waals surface area contributed by atoms with E-state index in [-0.39, 0.29) is 11.2 Å². The molecule has 0 bridgehead atoms. The molecule has 1 N–H and O–H groups in total. The first-order valence-electron chi connectivity index (χ1n) is 19.7. The number of benzene rings is 5. The molecule has 1 aliphatic rings. The average molecular weight is 722 g/mol. The molecule has 276 valence electrons. The maximum Gasteiger partial charge on any atom is 0.149 e. The standard InChI is InChI=1S/C51H51N3O/c1-30(2)36-26-38(31(3)4)48(39(27-36)32(5)6)41-29-40(34-15-11-10-12-16-34)50(55)49-37(41)20-22-44(53-49)35-19-21-43-46(28-35)54(47-25-33(7)23-24-52-47)45-18-14-13-17-42(45)51(43,8)9/h10-32,55H,1-9H3. The molecule has 2 aromatic heterocycles. The van der Waals surface area contributed by atoms with E-state index in [1.54, 1.807) is 0 Å². The maximum absolute atomic E-state index is 12.2. The van der Waals surface area contributed by atoms with Crippen molar-refractivity contribution in [3.05, 3.63) is 155 Å². The van der Waals surface area contributed by atoms with Crippen LogP contribution in [-0.2, 0) is 5.41 Å². The maximum atomic E-state index is 12.2. The molecule has 0 aliphatic carbocycles. The van der Waals surface area contributed by atoms with Gasteiger partial charge in [0.15, 0.2) is 0 Å². The smallest absolute Gasteiger partial charge is 0.149 e. The third-order valence-corrected chi connectivity index (χ3v) is 11.6. The molecule has 0 radical (unpaired) electrons. The Morgan fingerprint density at radius 3 is 1.96 bits per heavy atom. The van der Waals surface area contributed by atoms with Gasteiger partial charge in [0.1, 0.15) is 17.1 Å². The van der Waals surface area contributed by atoms with Gasteiger partial charge in [-0.25, -0.2) is 9.97 Å². The molecule has 5 aromatic carbocycles. The van der Waals surface area contributed by atoms with Crippen molar-refractivity contribution in [2.45, 2.75) is 85.5 Å². The molecule has 55 heavy (non-hydrogen) atoms. The molecule has 0 saturated carbocycles. The van der Waals surface area contributed by atoms with Crippen molar-refractivity contribution in [3.63, 3.8) is 0 Å². The monoisotopic (exact) mass is 721 g/mol. The second-order valence-electron chi connectivity index (χ2n) is 16.7. The van der Waals surface area contributed by atoms with Gasteiger partial charge in [0.25, 0.3) is 0 Å². The first-order valence-corrected chi connectivity index (χ1v) is 19.7. The van der Waals surface area contributed by atoms with Crippen LogP contribution < -0.4 is 4.90 Å². The number of phenols is 1. The normalized spacial score (nSPS) is 13.5. The number of phenolic OH excluding ortho intramolecular Hbond substituents is 1. The first-order chi connectivity index (χ1) is 26.3. The van der Waals surface area contributed by atoms with Gasteiger partial charge in [0, 0.05) is 28.1 Å². The van der Waals surface area contributed by atoms with Crippen LogP contribution >= 0.6 is 0 Å². The van der Waals surface area contributed by atoms with Gasteiger partial charge in [-0.05, 0) is 117 Å². The summed E-state index contributed by atoms with van der Waals surface area (Å²) in [5.41, 5.74) is 16.1. The molecule has 0 atom stereocenters. The van der Waals surface area contributed by atoms with Crippen LogP contribution in [0.3, 0.4) is 0 Å². The largest absolute Gasteiger partial charge is 0.505 e. The van der Waals surface area contributed by atoms with Crippen LogP contribution in [-0.4, -0.2) is 15.1 Å². The number of hydrogen-bond donors (Lipinski definition) is 1. The topological polar surface area (TPSA) is 49.2 Å². The number of nitrogens with zero attached hydrogens (tertiary/aromatic N) is 3. The first kappa shape index (κ1) is 36.2. The van der Waals surface area contributed by atoms with Crippen molar-refractivity contribution in [2.75, 3.05) is 4.90 Å². The molecule has 0 amide bonds. The van der Waals surface area contributed by atoms with Gasteiger partial charge in [-0.15, -0.1) is 0 Å². The number of aromatic hydroxyl groups is 1. The SMILES string of the molecule is Cc1ccnc(N2c3ccccc3C(C)(C)c3ccc(-c4ccc5c(-c6c(C(C)C)cc(C(C)C)cc6C(C)C)cc(-c6ccccc6)c(O)c5n4)cc32)c1. The summed E-state index contributed by atoms with van der Waals surface area (Å²) in [6, 6.07) is 41.0. The quantitative estimate of drug-likeness (QED) is 0.178. The Balaban J connectivity index is 1.39. The molecule has 0 unspecified atom stereocenters. The fourth-order valence-corrected chi connectivity index (χ4v) is 8.51. The minimum Gasteiger partial charge on any atom is -0.505 e. The van der Waals surface area contributed by atoms with Crippen LogP contribution in [0, 0.1) is 6.92 Å². The summed E-state index contributed by atoms with van der Waals surface area (Å²) in [4.78, 5) is 12.5. The molecule has 0 fully saturated rings. The highest BCUT2D eigenvalue weighted by molar-refractivity contribution is 6.05. The Morgan fingerprint density at radius 1 is 0.618 bits per heavy atom. The van der Waals surface area contributed by atoms with Gasteiger partial charge in [0.2, 0.25) is 0 Å². The zero-order valence-electron chi connectivity index (χ0n) is 33.6. The molecule has 3 heterocycles. The lowest BCUT2D eigenvalue weighted by Crippen LogP contribution is -2.31. The average Bonchev–Trinajstić information content (AvgIpc) is 3.18. The van der Waals surface area contributed by atoms with E-state index >= 15 is 0 Å². The molecule has 4 heteroatoms. The predicted octanol–water partition coefficient (Wildman–Crippen LogP) is 14.1. The fourth-order valence-electron chi connectivity index (χ4n) is 8.51. The molecule has 0 saturated heterocycles. The van der Waals surface area contributed by atoms with Crippen molar-refractivity contribution in [1.29, 1.82) is 0 Å². The summed E-state index contributed by atoms with van der Waals surface area (Å²) in [5, 5.41) is 13.2. The summed E-state index contributed by atoms with van der Waals surface area (Å²) in [5.74, 6) is 2.10. The van der Waals surface area contributed by atoms with E-state index in [4.69, 9.17) is 9.97 Å². The number of aromatic nitrogens is 2. The third kappa shape index (κ3) is 6.18. The van der Waals surface area contributed by atoms with Gasteiger partial charge in [0.05, 0.1) is 17.1 Å². The summed E-state index contributed by atoms with van der Waals surface area (Å²) in [7, 11) is 0. The highest BCUT2D eigenvalue weighted by atomic mass is 16.3. The van der Waals surface area contributed by atoms with E-state index in [0.29, 0.717) is 23.3 Å². The summed E-state index contributed by atoms with van der Waals surface area (Å²) in [6.45, 7) is 20.4. The van der Waals surface area contributed by atoms with Gasteiger partial charge >= 0.3 is 0 Å². The van der Waals surface area contributed by atoms with E-state index in [1.165, 1.54) is 33.4 Å². The zero-order valence-corrected chi connectivity index (χ0v) is 33.6. The van der Waals surface area contributed by atoms with Crippen LogP contribution in [0.2, 0.25) is 0 Å². The Hall–Kier alpha value is -5.74. The summed E-state index contributed by atoms with van der Waals surface area (Å²) in [6.07, 6.45) is 1.89. The van der Waals surface area contributed by atoms with E-state index in [9.17, 15) is 5.11 Å². The Morgan fingerprint density at radius 2 is 1.29 bits per heavy atom. The van der Waals surface area contributed by atoms with Gasteiger partial charge in [-0.3, -0.25) is 4.90 Å². The number of pyridine rings is 2. The van der Waals surface area contributed by atoms with Crippen molar-refractivity contribution in [1.82, 2.24) is 9.97 Å². The molecular weight excluding hydrogens is 671 g/mol.